The number of hydrogen-bond donors (Lipinski definition) is 1. The van der Waals surface area contributed by atoms with Crippen LogP contribution in [0.3, 0.4) is 0 Å². The van der Waals surface area contributed by atoms with E-state index in [2.05, 4.69) is 5.32 Å². The summed E-state index contributed by atoms with van der Waals surface area (Å²) >= 11 is 0. The summed E-state index contributed by atoms with van der Waals surface area (Å²) < 4.78 is 19.4. The fraction of sp³-hybridized carbons (Fsp3) is 0.611. The zero-order valence-corrected chi connectivity index (χ0v) is 14.5. The standard InChI is InChI=1S/C18H27FN2O2/c1-13-8-9-16(15(19)11-13)20-12-14-7-5-6-10-21(14)17(22)23-18(2,3)4/h8-9,11,14,20H,5-7,10,12H2,1-4H3. The highest BCUT2D eigenvalue weighted by atomic mass is 19.1. The Morgan fingerprint density at radius 2 is 2.13 bits per heavy atom. The molecular weight excluding hydrogens is 295 g/mol. The van der Waals surface area contributed by atoms with Gasteiger partial charge in [-0.25, -0.2) is 9.18 Å². The largest absolute Gasteiger partial charge is 0.444 e. The molecular formula is C18H27FN2O2. The smallest absolute Gasteiger partial charge is 0.410 e. The minimum absolute atomic E-state index is 0.0271. The predicted molar refractivity (Wildman–Crippen MR) is 90.2 cm³/mol. The second-order valence-corrected chi connectivity index (χ2v) is 7.19. The van der Waals surface area contributed by atoms with Crippen LogP contribution < -0.4 is 5.32 Å². The summed E-state index contributed by atoms with van der Waals surface area (Å²) in [7, 11) is 0. The molecule has 1 saturated heterocycles. The van der Waals surface area contributed by atoms with Crippen LogP contribution in [0.1, 0.15) is 45.6 Å². The molecule has 1 aliphatic heterocycles. The number of ether oxygens (including phenoxy) is 1. The van der Waals surface area contributed by atoms with Gasteiger partial charge in [0.2, 0.25) is 0 Å². The van der Waals surface area contributed by atoms with E-state index in [1.54, 1.807) is 11.0 Å². The number of halogens is 1. The Bertz CT molecular complexity index is 554. The molecule has 1 aromatic carbocycles. The van der Waals surface area contributed by atoms with Crippen molar-refractivity contribution in [2.45, 2.75) is 58.6 Å². The molecule has 0 aliphatic carbocycles. The number of nitrogens with one attached hydrogen (secondary N) is 1. The van der Waals surface area contributed by atoms with Crippen LogP contribution in [-0.2, 0) is 4.74 Å². The number of benzene rings is 1. The number of rotatable bonds is 3. The molecule has 0 aromatic heterocycles. The molecule has 1 aromatic rings. The van der Waals surface area contributed by atoms with Gasteiger partial charge in [-0.1, -0.05) is 6.07 Å². The van der Waals surface area contributed by atoms with E-state index >= 15 is 0 Å². The second-order valence-electron chi connectivity index (χ2n) is 7.19. The van der Waals surface area contributed by atoms with Crippen molar-refractivity contribution in [1.82, 2.24) is 4.90 Å². The molecule has 2 rings (SSSR count). The van der Waals surface area contributed by atoms with Gasteiger partial charge in [0, 0.05) is 13.1 Å². The number of hydrogen-bond acceptors (Lipinski definition) is 3. The first-order chi connectivity index (χ1) is 10.8. The highest BCUT2D eigenvalue weighted by Gasteiger charge is 2.30. The summed E-state index contributed by atoms with van der Waals surface area (Å²) in [4.78, 5) is 14.1. The number of likely N-dealkylation sites (tertiary alicyclic amines) is 1. The lowest BCUT2D eigenvalue weighted by Crippen LogP contribution is -2.48. The van der Waals surface area contributed by atoms with Gasteiger partial charge in [0.1, 0.15) is 11.4 Å². The topological polar surface area (TPSA) is 41.6 Å². The molecule has 128 valence electrons. The molecule has 0 radical (unpaired) electrons. The first kappa shape index (κ1) is 17.6. The van der Waals surface area contributed by atoms with Crippen molar-refractivity contribution in [2.24, 2.45) is 0 Å². The van der Waals surface area contributed by atoms with Crippen molar-refractivity contribution in [2.75, 3.05) is 18.4 Å². The lowest BCUT2D eigenvalue weighted by molar-refractivity contribution is 0.0114. The zero-order valence-electron chi connectivity index (χ0n) is 14.5. The van der Waals surface area contributed by atoms with E-state index in [-0.39, 0.29) is 18.0 Å². The fourth-order valence-corrected chi connectivity index (χ4v) is 2.76. The minimum Gasteiger partial charge on any atom is -0.444 e. The van der Waals surface area contributed by atoms with Gasteiger partial charge in [-0.05, 0) is 64.7 Å². The van der Waals surface area contributed by atoms with E-state index in [1.165, 1.54) is 6.07 Å². The van der Waals surface area contributed by atoms with Crippen LogP contribution in [0.4, 0.5) is 14.9 Å². The van der Waals surface area contributed by atoms with Crippen LogP contribution in [-0.4, -0.2) is 35.7 Å². The quantitative estimate of drug-likeness (QED) is 0.900. The molecule has 23 heavy (non-hydrogen) atoms. The molecule has 1 unspecified atom stereocenters. The molecule has 4 nitrogen and oxygen atoms in total. The van der Waals surface area contributed by atoms with E-state index in [9.17, 15) is 9.18 Å². The van der Waals surface area contributed by atoms with E-state index in [1.807, 2.05) is 33.8 Å². The van der Waals surface area contributed by atoms with E-state index in [4.69, 9.17) is 4.74 Å². The summed E-state index contributed by atoms with van der Waals surface area (Å²) in [5, 5.41) is 3.13. The van der Waals surface area contributed by atoms with Gasteiger partial charge in [0.05, 0.1) is 11.7 Å². The Morgan fingerprint density at radius 3 is 2.78 bits per heavy atom. The van der Waals surface area contributed by atoms with Crippen LogP contribution in [0, 0.1) is 12.7 Å². The summed E-state index contributed by atoms with van der Waals surface area (Å²) in [6.45, 7) is 8.67. The zero-order chi connectivity index (χ0) is 17.0. The van der Waals surface area contributed by atoms with Crippen molar-refractivity contribution < 1.29 is 13.9 Å². The SMILES string of the molecule is Cc1ccc(NCC2CCCCN2C(=O)OC(C)(C)C)c(F)c1. The highest BCUT2D eigenvalue weighted by molar-refractivity contribution is 5.68. The molecule has 0 bridgehead atoms. The van der Waals surface area contributed by atoms with Gasteiger partial charge in [-0.3, -0.25) is 0 Å². The molecule has 0 spiro atoms. The van der Waals surface area contributed by atoms with E-state index < -0.39 is 5.60 Å². The monoisotopic (exact) mass is 322 g/mol. The number of piperidine rings is 1. The van der Waals surface area contributed by atoms with Crippen LogP contribution in [0.15, 0.2) is 18.2 Å². The summed E-state index contributed by atoms with van der Waals surface area (Å²) in [5.74, 6) is -0.260. The number of carbonyl (C=O) groups is 1. The fourth-order valence-electron chi connectivity index (χ4n) is 2.76. The molecule has 5 heteroatoms. The number of aryl methyl sites for hydroxylation is 1. The summed E-state index contributed by atoms with van der Waals surface area (Å²) in [5.41, 5.74) is 0.863. The number of carbonyl (C=O) groups excluding carboxylic acids is 1. The van der Waals surface area contributed by atoms with Crippen molar-refractivity contribution in [1.29, 1.82) is 0 Å². The Balaban J connectivity index is 1.99. The summed E-state index contributed by atoms with van der Waals surface area (Å²) in [6, 6.07) is 5.15. The molecule has 1 heterocycles. The predicted octanol–water partition coefficient (Wildman–Crippen LogP) is 4.34. The Hall–Kier alpha value is -1.78. The Labute approximate surface area is 138 Å². The van der Waals surface area contributed by atoms with Crippen molar-refractivity contribution in [3.63, 3.8) is 0 Å². The lowest BCUT2D eigenvalue weighted by atomic mass is 10.0. The number of amides is 1. The Morgan fingerprint density at radius 1 is 1.39 bits per heavy atom. The van der Waals surface area contributed by atoms with Gasteiger partial charge in [-0.15, -0.1) is 0 Å². The van der Waals surface area contributed by atoms with Gasteiger partial charge < -0.3 is 15.0 Å². The maximum atomic E-state index is 13.9. The average molecular weight is 322 g/mol. The van der Waals surface area contributed by atoms with Crippen molar-refractivity contribution in [3.05, 3.63) is 29.6 Å². The number of nitrogens with zero attached hydrogens (tertiary/aromatic N) is 1. The molecule has 1 amide bonds. The van der Waals surface area contributed by atoms with Crippen LogP contribution in [0.5, 0.6) is 0 Å². The third-order valence-electron chi connectivity index (χ3n) is 3.91. The van der Waals surface area contributed by atoms with Gasteiger partial charge in [0.15, 0.2) is 0 Å². The van der Waals surface area contributed by atoms with E-state index in [0.29, 0.717) is 18.8 Å². The average Bonchev–Trinajstić information content (AvgIpc) is 2.45. The normalized spacial score (nSPS) is 18.7. The Kier molecular flexibility index (Phi) is 5.50. The van der Waals surface area contributed by atoms with Gasteiger partial charge in [-0.2, -0.15) is 0 Å². The van der Waals surface area contributed by atoms with Crippen LogP contribution >= 0.6 is 0 Å². The molecule has 1 N–H and O–H groups in total. The molecule has 1 fully saturated rings. The third kappa shape index (κ3) is 5.12. The lowest BCUT2D eigenvalue weighted by Gasteiger charge is -2.37. The molecule has 1 aliphatic rings. The summed E-state index contributed by atoms with van der Waals surface area (Å²) in [6.07, 6.45) is 2.67. The first-order valence-corrected chi connectivity index (χ1v) is 8.26. The minimum atomic E-state index is -0.504. The molecule has 0 saturated carbocycles. The van der Waals surface area contributed by atoms with Crippen LogP contribution in [0.25, 0.3) is 0 Å². The highest BCUT2D eigenvalue weighted by Crippen LogP contribution is 2.22. The molecule has 1 atom stereocenters. The number of anilines is 1. The maximum absolute atomic E-state index is 13.9. The van der Waals surface area contributed by atoms with Crippen molar-refractivity contribution >= 4 is 11.8 Å². The van der Waals surface area contributed by atoms with Crippen LogP contribution in [0.2, 0.25) is 0 Å². The first-order valence-electron chi connectivity index (χ1n) is 8.26. The van der Waals surface area contributed by atoms with Crippen molar-refractivity contribution in [3.8, 4) is 0 Å². The second kappa shape index (κ2) is 7.20. The third-order valence-corrected chi connectivity index (χ3v) is 3.91. The van der Waals surface area contributed by atoms with Gasteiger partial charge in [0.25, 0.3) is 0 Å². The van der Waals surface area contributed by atoms with E-state index in [0.717, 1.165) is 24.8 Å². The van der Waals surface area contributed by atoms with Gasteiger partial charge >= 0.3 is 6.09 Å². The maximum Gasteiger partial charge on any atom is 0.410 e.